The van der Waals surface area contributed by atoms with Crippen molar-refractivity contribution < 1.29 is 57.8 Å². The molecule has 18 heteroatoms. The van der Waals surface area contributed by atoms with Crippen LogP contribution in [0.1, 0.15) is 20.8 Å². The summed E-state index contributed by atoms with van der Waals surface area (Å²) in [7, 11) is 1.23. The molecule has 0 bridgehead atoms. The minimum absolute atomic E-state index is 0.450. The molecular formula is C19H28N6O12. The normalized spacial score (nSPS) is 35.3. The molecule has 2 saturated heterocycles. The zero-order valence-corrected chi connectivity index (χ0v) is 20.3. The topological polar surface area (TPSA) is 254 Å². The maximum Gasteiger partial charge on any atom is 0.303 e. The van der Waals surface area contributed by atoms with Gasteiger partial charge in [-0.05, 0) is 11.1 Å². The summed E-state index contributed by atoms with van der Waals surface area (Å²) in [5.41, 5.74) is 17.8. The number of ether oxygens (including phenoxy) is 7. The van der Waals surface area contributed by atoms with E-state index in [1.807, 2.05) is 0 Å². The number of hydrogen-bond acceptors (Lipinski definition) is 14. The Balaban J connectivity index is 2.32. The van der Waals surface area contributed by atoms with Crippen LogP contribution in [0.2, 0.25) is 0 Å². The van der Waals surface area contributed by atoms with Crippen LogP contribution >= 0.6 is 0 Å². The number of nitrogens with zero attached hydrogens (tertiary/aromatic N) is 6. The van der Waals surface area contributed by atoms with Crippen molar-refractivity contribution in [3.63, 3.8) is 0 Å². The molecule has 0 spiro atoms. The Morgan fingerprint density at radius 3 is 1.92 bits per heavy atom. The fraction of sp³-hybridized carbons (Fsp3) is 0.842. The number of methoxy groups -OCH3 is 1. The minimum atomic E-state index is -1.60. The summed E-state index contributed by atoms with van der Waals surface area (Å²) in [6.45, 7) is 2.35. The highest BCUT2D eigenvalue weighted by atomic mass is 16.7. The Labute approximate surface area is 209 Å². The second-order valence-corrected chi connectivity index (χ2v) is 7.98. The summed E-state index contributed by atoms with van der Waals surface area (Å²) >= 11 is 0. The minimum Gasteiger partial charge on any atom is -0.463 e. The number of hydrogen-bond donors (Lipinski definition) is 2. The van der Waals surface area contributed by atoms with Crippen molar-refractivity contribution in [3.05, 3.63) is 20.9 Å². The molecule has 0 radical (unpaired) electrons. The predicted octanol–water partition coefficient (Wildman–Crippen LogP) is -0.395. The van der Waals surface area contributed by atoms with Gasteiger partial charge in [-0.2, -0.15) is 0 Å². The maximum atomic E-state index is 11.8. The van der Waals surface area contributed by atoms with Gasteiger partial charge in [-0.25, -0.2) is 0 Å². The van der Waals surface area contributed by atoms with Gasteiger partial charge >= 0.3 is 17.9 Å². The third-order valence-corrected chi connectivity index (χ3v) is 5.37. The molecule has 2 fully saturated rings. The van der Waals surface area contributed by atoms with E-state index in [2.05, 4.69) is 20.1 Å². The molecule has 2 aliphatic rings. The van der Waals surface area contributed by atoms with Crippen LogP contribution in [0.25, 0.3) is 20.9 Å². The molecule has 18 nitrogen and oxygen atoms in total. The van der Waals surface area contributed by atoms with E-state index in [1.165, 1.54) is 7.11 Å². The van der Waals surface area contributed by atoms with E-state index in [0.717, 1.165) is 20.8 Å². The van der Waals surface area contributed by atoms with Crippen LogP contribution in [-0.4, -0.2) is 110 Å². The van der Waals surface area contributed by atoms with Gasteiger partial charge in [-0.3, -0.25) is 14.4 Å². The first-order valence-electron chi connectivity index (χ1n) is 10.9. The van der Waals surface area contributed by atoms with Gasteiger partial charge in [0.2, 0.25) is 0 Å². The molecule has 2 heterocycles. The zero-order chi connectivity index (χ0) is 27.7. The maximum absolute atomic E-state index is 11.8. The van der Waals surface area contributed by atoms with Crippen LogP contribution in [0.5, 0.6) is 0 Å². The number of aliphatic hydroxyl groups is 2. The predicted molar refractivity (Wildman–Crippen MR) is 116 cm³/mol. The van der Waals surface area contributed by atoms with Gasteiger partial charge in [0, 0.05) is 37.7 Å². The van der Waals surface area contributed by atoms with Crippen LogP contribution in [0.15, 0.2) is 10.2 Å². The standard InChI is InChI=1S/C19H28N6O12/c1-7(26)32-6-11-16(34-8(2)27)17(35-9(3)28)13(23-25-21)19(37-11)33-5-10-14(29)15(30)12(22-24-20)18(31-4)36-10/h10-19,29-30H,5-6H2,1-4H3/t10-,11-,12-,13-,14+,15-,16+,17-,18-,19+/m1/s1. The Bertz CT molecular complexity index is 923. The van der Waals surface area contributed by atoms with Gasteiger partial charge < -0.3 is 43.4 Å². The molecule has 0 aromatic carbocycles. The van der Waals surface area contributed by atoms with Crippen LogP contribution in [-0.2, 0) is 47.5 Å². The smallest absolute Gasteiger partial charge is 0.303 e. The summed E-state index contributed by atoms with van der Waals surface area (Å²) in [6, 6.07) is -2.67. The quantitative estimate of drug-likeness (QED) is 0.120. The van der Waals surface area contributed by atoms with Crippen molar-refractivity contribution in [2.45, 2.75) is 82.1 Å². The SMILES string of the molecule is CO[C@@H]1O[C@H](CO[C@H]2O[C@H](COC(C)=O)[C@H](OC(C)=O)[C@H](OC(C)=O)[C@H]2N=[N+]=[N-])[C@H](O)[C@H](O)[C@H]1N=[N+]=[N-]. The summed E-state index contributed by atoms with van der Waals surface area (Å²) < 4.78 is 37.5. The molecule has 2 N–H and O–H groups in total. The average molecular weight is 532 g/mol. The summed E-state index contributed by atoms with van der Waals surface area (Å²) in [5.74, 6) is -2.28. The lowest BCUT2D eigenvalue weighted by atomic mass is 9.96. The highest BCUT2D eigenvalue weighted by Gasteiger charge is 2.51. The molecule has 0 aliphatic carbocycles. The van der Waals surface area contributed by atoms with E-state index in [0.29, 0.717) is 0 Å². The first kappa shape index (κ1) is 30.0. The summed E-state index contributed by atoms with van der Waals surface area (Å²) in [4.78, 5) is 40.2. The number of rotatable bonds is 10. The second-order valence-electron chi connectivity index (χ2n) is 7.98. The van der Waals surface area contributed by atoms with E-state index < -0.39 is 92.4 Å². The Morgan fingerprint density at radius 1 is 0.811 bits per heavy atom. The highest BCUT2D eigenvalue weighted by Crippen LogP contribution is 2.31. The Morgan fingerprint density at radius 2 is 1.38 bits per heavy atom. The van der Waals surface area contributed by atoms with Crippen molar-refractivity contribution in [1.29, 1.82) is 0 Å². The number of azide groups is 2. The van der Waals surface area contributed by atoms with Crippen LogP contribution in [0.3, 0.4) is 0 Å². The van der Waals surface area contributed by atoms with Crippen LogP contribution < -0.4 is 0 Å². The van der Waals surface area contributed by atoms with Crippen LogP contribution in [0.4, 0.5) is 0 Å². The van der Waals surface area contributed by atoms with Gasteiger partial charge in [0.15, 0.2) is 24.8 Å². The van der Waals surface area contributed by atoms with Gasteiger partial charge in [-0.1, -0.05) is 10.2 Å². The third-order valence-electron chi connectivity index (χ3n) is 5.37. The van der Waals surface area contributed by atoms with E-state index in [9.17, 15) is 24.6 Å². The molecule has 0 aromatic rings. The van der Waals surface area contributed by atoms with E-state index in [4.69, 9.17) is 44.2 Å². The lowest BCUT2D eigenvalue weighted by molar-refractivity contribution is -0.299. The zero-order valence-electron chi connectivity index (χ0n) is 20.3. The van der Waals surface area contributed by atoms with Gasteiger partial charge in [0.05, 0.1) is 12.7 Å². The first-order valence-corrected chi connectivity index (χ1v) is 10.9. The molecule has 10 atom stereocenters. The van der Waals surface area contributed by atoms with Crippen molar-refractivity contribution in [1.82, 2.24) is 0 Å². The lowest BCUT2D eigenvalue weighted by Crippen LogP contribution is -2.62. The molecule has 2 aliphatic heterocycles. The fourth-order valence-corrected chi connectivity index (χ4v) is 3.83. The van der Waals surface area contributed by atoms with E-state index in [1.54, 1.807) is 0 Å². The first-order chi connectivity index (χ1) is 17.5. The average Bonchev–Trinajstić information content (AvgIpc) is 2.83. The molecule has 0 saturated carbocycles. The van der Waals surface area contributed by atoms with Crippen molar-refractivity contribution in [3.8, 4) is 0 Å². The molecule has 0 amide bonds. The third kappa shape index (κ3) is 7.88. The Kier molecular flexibility index (Phi) is 11.3. The monoisotopic (exact) mass is 532 g/mol. The molecule has 37 heavy (non-hydrogen) atoms. The van der Waals surface area contributed by atoms with E-state index >= 15 is 0 Å². The molecule has 206 valence electrons. The van der Waals surface area contributed by atoms with Gasteiger partial charge in [0.25, 0.3) is 0 Å². The number of esters is 3. The highest BCUT2D eigenvalue weighted by molar-refractivity contribution is 5.68. The van der Waals surface area contributed by atoms with Crippen molar-refractivity contribution >= 4 is 17.9 Å². The largest absolute Gasteiger partial charge is 0.463 e. The van der Waals surface area contributed by atoms with Gasteiger partial charge in [-0.15, -0.1) is 0 Å². The lowest BCUT2D eigenvalue weighted by Gasteiger charge is -2.44. The molecule has 0 aromatic heterocycles. The summed E-state index contributed by atoms with van der Waals surface area (Å²) in [6.07, 6.45) is -11.1. The number of carbonyl (C=O) groups excluding carboxylic acids is 3. The molecule has 2 rings (SSSR count). The van der Waals surface area contributed by atoms with Crippen molar-refractivity contribution in [2.24, 2.45) is 10.2 Å². The van der Waals surface area contributed by atoms with E-state index in [-0.39, 0.29) is 0 Å². The van der Waals surface area contributed by atoms with Crippen molar-refractivity contribution in [2.75, 3.05) is 20.3 Å². The molecular weight excluding hydrogens is 504 g/mol. The second kappa shape index (κ2) is 13.9. The Hall–Kier alpha value is -3.21. The van der Waals surface area contributed by atoms with Gasteiger partial charge in [0.1, 0.15) is 37.0 Å². The number of carbonyl (C=O) groups is 3. The molecule has 0 unspecified atom stereocenters. The summed E-state index contributed by atoms with van der Waals surface area (Å²) in [5, 5.41) is 27.8. The number of aliphatic hydroxyl groups excluding tert-OH is 2. The van der Waals surface area contributed by atoms with Crippen LogP contribution in [0, 0.1) is 0 Å². The fourth-order valence-electron chi connectivity index (χ4n) is 3.83.